The number of rotatable bonds is 4. The quantitative estimate of drug-likeness (QED) is 0.330. The lowest BCUT2D eigenvalue weighted by Crippen LogP contribution is -2.15. The number of hydrogen-bond acceptors (Lipinski definition) is 7. The standard InChI is InChI=1S/2C3H8O3.C3H6.C2H6O/c2*4-1-3(6)2-5;2*1-3-2/h2*3-6H,1-2H2;3H,1H2,2H3;1-2H3. The largest absolute Gasteiger partial charge is 0.394 e. The van der Waals surface area contributed by atoms with Gasteiger partial charge in [-0.1, -0.05) is 6.08 Å². The van der Waals surface area contributed by atoms with Crippen LogP contribution in [0, 0.1) is 0 Å². The highest BCUT2D eigenvalue weighted by Gasteiger charge is 1.94. The molecule has 0 amide bonds. The minimum atomic E-state index is -0.954. The van der Waals surface area contributed by atoms with E-state index in [1.807, 2.05) is 6.92 Å². The Hall–Kier alpha value is -0.540. The molecule has 0 heterocycles. The smallest absolute Gasteiger partial charge is 0.100 e. The lowest BCUT2D eigenvalue weighted by molar-refractivity contribution is 0.0450. The Morgan fingerprint density at radius 1 is 0.889 bits per heavy atom. The van der Waals surface area contributed by atoms with Crippen LogP contribution in [0.5, 0.6) is 0 Å². The monoisotopic (exact) mass is 272 g/mol. The molecule has 7 nitrogen and oxygen atoms in total. The second-order valence-electron chi connectivity index (χ2n) is 2.85. The summed E-state index contributed by atoms with van der Waals surface area (Å²) in [6, 6.07) is 0. The number of methoxy groups -OCH3 is 1. The molecule has 0 fully saturated rings. The van der Waals surface area contributed by atoms with E-state index in [1.54, 1.807) is 20.3 Å². The van der Waals surface area contributed by atoms with Crippen molar-refractivity contribution in [2.75, 3.05) is 40.6 Å². The zero-order valence-corrected chi connectivity index (χ0v) is 11.4. The molecular formula is C11H28O7. The second-order valence-corrected chi connectivity index (χ2v) is 2.85. The second kappa shape index (κ2) is 30.0. The number of hydrogen-bond donors (Lipinski definition) is 6. The van der Waals surface area contributed by atoms with E-state index in [9.17, 15) is 0 Å². The van der Waals surface area contributed by atoms with Crippen molar-refractivity contribution in [1.29, 1.82) is 0 Å². The molecule has 18 heavy (non-hydrogen) atoms. The van der Waals surface area contributed by atoms with E-state index in [2.05, 4.69) is 11.3 Å². The van der Waals surface area contributed by atoms with Crippen molar-refractivity contribution < 1.29 is 35.4 Å². The van der Waals surface area contributed by atoms with Crippen LogP contribution < -0.4 is 0 Å². The molecule has 0 aromatic carbocycles. The maximum Gasteiger partial charge on any atom is 0.100 e. The van der Waals surface area contributed by atoms with Gasteiger partial charge in [0.25, 0.3) is 0 Å². The summed E-state index contributed by atoms with van der Waals surface area (Å²) >= 11 is 0. The molecule has 6 N–H and O–H groups in total. The molecule has 0 saturated heterocycles. The van der Waals surface area contributed by atoms with Crippen molar-refractivity contribution in [3.63, 3.8) is 0 Å². The molecule has 0 aromatic rings. The lowest BCUT2D eigenvalue weighted by Gasteiger charge is -1.96. The minimum Gasteiger partial charge on any atom is -0.394 e. The van der Waals surface area contributed by atoms with Crippen molar-refractivity contribution in [2.45, 2.75) is 19.1 Å². The van der Waals surface area contributed by atoms with Gasteiger partial charge in [0, 0.05) is 14.2 Å². The van der Waals surface area contributed by atoms with Crippen LogP contribution in [0.25, 0.3) is 0 Å². The van der Waals surface area contributed by atoms with Gasteiger partial charge in [0.1, 0.15) is 12.2 Å². The fraction of sp³-hybridized carbons (Fsp3) is 0.818. The predicted octanol–water partition coefficient (Wildman–Crippen LogP) is -1.88. The van der Waals surface area contributed by atoms with Crippen LogP contribution in [-0.4, -0.2) is 83.5 Å². The summed E-state index contributed by atoms with van der Waals surface area (Å²) in [4.78, 5) is 0. The van der Waals surface area contributed by atoms with E-state index in [1.165, 1.54) is 0 Å². The van der Waals surface area contributed by atoms with Crippen LogP contribution >= 0.6 is 0 Å². The molecule has 0 unspecified atom stereocenters. The fourth-order valence-electron chi connectivity index (χ4n) is 0.115. The van der Waals surface area contributed by atoms with Gasteiger partial charge < -0.3 is 35.4 Å². The van der Waals surface area contributed by atoms with Crippen molar-refractivity contribution in [2.24, 2.45) is 0 Å². The molecule has 0 atom stereocenters. The molecule has 114 valence electrons. The Morgan fingerprint density at radius 3 is 1.00 bits per heavy atom. The number of allylic oxidation sites excluding steroid dienone is 1. The first-order valence-corrected chi connectivity index (χ1v) is 5.22. The number of aliphatic hydroxyl groups excluding tert-OH is 6. The van der Waals surface area contributed by atoms with Gasteiger partial charge in [-0.3, -0.25) is 0 Å². The van der Waals surface area contributed by atoms with Crippen LogP contribution in [0.4, 0.5) is 0 Å². The third-order valence-corrected chi connectivity index (χ3v) is 0.843. The Labute approximate surface area is 109 Å². The van der Waals surface area contributed by atoms with Crippen molar-refractivity contribution in [3.8, 4) is 0 Å². The topological polar surface area (TPSA) is 131 Å². The summed E-state index contributed by atoms with van der Waals surface area (Å²) in [5, 5.41) is 48.0. The van der Waals surface area contributed by atoms with Gasteiger partial charge in [0.2, 0.25) is 0 Å². The maximum absolute atomic E-state index is 8.17. The van der Waals surface area contributed by atoms with Gasteiger partial charge in [0.15, 0.2) is 0 Å². The normalized spacial score (nSPS) is 8.39. The van der Waals surface area contributed by atoms with Crippen molar-refractivity contribution >= 4 is 0 Å². The molecule has 0 bridgehead atoms. The SMILES string of the molecule is C=CC.COC.OCC(O)CO.OCC(O)CO. The highest BCUT2D eigenvalue weighted by molar-refractivity contribution is 4.51. The maximum atomic E-state index is 8.17. The highest BCUT2D eigenvalue weighted by Crippen LogP contribution is 1.72. The molecule has 0 spiro atoms. The van der Waals surface area contributed by atoms with E-state index in [0.29, 0.717) is 0 Å². The third kappa shape index (κ3) is 58.1. The Kier molecular flexibility index (Phi) is 43.5. The van der Waals surface area contributed by atoms with E-state index >= 15 is 0 Å². The van der Waals surface area contributed by atoms with Gasteiger partial charge in [-0.25, -0.2) is 0 Å². The fourth-order valence-corrected chi connectivity index (χ4v) is 0.115. The van der Waals surface area contributed by atoms with Crippen molar-refractivity contribution in [3.05, 3.63) is 12.7 Å². The zero-order valence-electron chi connectivity index (χ0n) is 11.4. The van der Waals surface area contributed by atoms with Crippen molar-refractivity contribution in [1.82, 2.24) is 0 Å². The van der Waals surface area contributed by atoms with Crippen LogP contribution in [0.3, 0.4) is 0 Å². The summed E-state index contributed by atoms with van der Waals surface area (Å²) in [6.07, 6.45) is -0.157. The van der Waals surface area contributed by atoms with Crippen LogP contribution in [0.2, 0.25) is 0 Å². The number of aliphatic hydroxyl groups is 6. The summed E-state index contributed by atoms with van der Waals surface area (Å²) in [5.41, 5.74) is 0. The summed E-state index contributed by atoms with van der Waals surface area (Å²) in [7, 11) is 3.25. The zero-order chi connectivity index (χ0) is 15.4. The Bertz CT molecular complexity index is 104. The molecule has 0 aliphatic heterocycles. The average Bonchev–Trinajstić information content (AvgIpc) is 2.39. The van der Waals surface area contributed by atoms with Gasteiger partial charge in [-0.05, 0) is 6.92 Å². The lowest BCUT2D eigenvalue weighted by atomic mass is 10.4. The first kappa shape index (κ1) is 26.1. The third-order valence-electron chi connectivity index (χ3n) is 0.843. The molecule has 0 aliphatic carbocycles. The van der Waals surface area contributed by atoms with E-state index in [4.69, 9.17) is 30.6 Å². The van der Waals surface area contributed by atoms with Crippen LogP contribution in [-0.2, 0) is 4.74 Å². The summed E-state index contributed by atoms with van der Waals surface area (Å²) in [5.74, 6) is 0. The van der Waals surface area contributed by atoms with E-state index < -0.39 is 12.2 Å². The Balaban J connectivity index is -0.0000000770. The van der Waals surface area contributed by atoms with Crippen LogP contribution in [0.15, 0.2) is 12.7 Å². The van der Waals surface area contributed by atoms with E-state index in [-0.39, 0.29) is 26.4 Å². The van der Waals surface area contributed by atoms with Gasteiger partial charge >= 0.3 is 0 Å². The molecule has 0 saturated carbocycles. The van der Waals surface area contributed by atoms with Gasteiger partial charge in [-0.15, -0.1) is 6.58 Å². The molecule has 0 aliphatic rings. The van der Waals surface area contributed by atoms with Gasteiger partial charge in [0.05, 0.1) is 26.4 Å². The molecule has 0 rings (SSSR count). The van der Waals surface area contributed by atoms with E-state index in [0.717, 1.165) is 0 Å². The molecule has 7 heteroatoms. The first-order chi connectivity index (χ1) is 8.44. The summed E-state index contributed by atoms with van der Waals surface area (Å²) in [6.45, 7) is 3.79. The number of ether oxygens (including phenoxy) is 1. The minimum absolute atomic E-state index is 0.365. The van der Waals surface area contributed by atoms with Gasteiger partial charge in [-0.2, -0.15) is 0 Å². The molecular weight excluding hydrogens is 244 g/mol. The first-order valence-electron chi connectivity index (χ1n) is 5.22. The molecule has 0 radical (unpaired) electrons. The predicted molar refractivity (Wildman–Crippen MR) is 69.2 cm³/mol. The highest BCUT2D eigenvalue weighted by atomic mass is 16.4. The average molecular weight is 272 g/mol. The summed E-state index contributed by atoms with van der Waals surface area (Å²) < 4.78 is 4.25. The van der Waals surface area contributed by atoms with Crippen LogP contribution in [0.1, 0.15) is 6.92 Å². The Morgan fingerprint density at radius 2 is 1.00 bits per heavy atom. The molecule has 0 aromatic heterocycles.